The van der Waals surface area contributed by atoms with E-state index in [1.807, 2.05) is 20.8 Å². The van der Waals surface area contributed by atoms with Gasteiger partial charge in [0.1, 0.15) is 0 Å². The van der Waals surface area contributed by atoms with Crippen LogP contribution in [0, 0.1) is 0 Å². The van der Waals surface area contributed by atoms with E-state index in [0.717, 1.165) is 13.3 Å². The average Bonchev–Trinajstić information content (AvgIpc) is 2.57. The third kappa shape index (κ3) is 5.73. The molecule has 1 aromatic rings. The number of para-hydroxylation sites is 1. The number of carbonyl (C=O) groups is 3. The number of benzene rings is 1. The third-order valence-corrected chi connectivity index (χ3v) is 3.81. The van der Waals surface area contributed by atoms with Crippen molar-refractivity contribution in [3.05, 3.63) is 29.8 Å². The number of hydrogen-bond acceptors (Lipinski definition) is 4. The van der Waals surface area contributed by atoms with Crippen LogP contribution in [0.5, 0.6) is 0 Å². The Morgan fingerprint density at radius 1 is 1.23 bits per heavy atom. The quantitative estimate of drug-likeness (QED) is 0.561. The van der Waals surface area contributed by atoms with Crippen molar-refractivity contribution in [2.45, 2.75) is 45.8 Å². The predicted octanol–water partition coefficient (Wildman–Crippen LogP) is 1.90. The first-order chi connectivity index (χ1) is 12.1. The smallest absolute Gasteiger partial charge is 0.337 e. The van der Waals surface area contributed by atoms with Crippen LogP contribution in [0.1, 0.15) is 44.5 Å². The summed E-state index contributed by atoms with van der Waals surface area (Å²) in [6.45, 7) is 7.03. The molecule has 8 nitrogen and oxygen atoms in total. The van der Waals surface area contributed by atoms with Crippen LogP contribution in [-0.4, -0.2) is 57.8 Å². The lowest BCUT2D eigenvalue weighted by atomic mass is 10.1. The van der Waals surface area contributed by atoms with Crippen molar-refractivity contribution >= 4 is 23.6 Å². The fourth-order valence-electron chi connectivity index (χ4n) is 2.26. The van der Waals surface area contributed by atoms with Gasteiger partial charge < -0.3 is 25.7 Å². The van der Waals surface area contributed by atoms with Gasteiger partial charge in [-0.05, 0) is 39.3 Å². The Morgan fingerprint density at radius 3 is 2.38 bits per heavy atom. The standard InChI is InChI=1S/C18H27N3O5/c1-5-10-21(12(2)3)15(22)13-8-6-7-9-14(13)20-17(25)19-11-18(4,26)16(23)24/h6-9,12,26H,5,10-11H2,1-4H3,(H,23,24)(H2,19,20,25). The molecule has 1 atom stereocenters. The van der Waals surface area contributed by atoms with Crippen molar-refractivity contribution < 1.29 is 24.6 Å². The highest BCUT2D eigenvalue weighted by atomic mass is 16.4. The van der Waals surface area contributed by atoms with Crippen LogP contribution in [0.25, 0.3) is 0 Å². The zero-order chi connectivity index (χ0) is 19.9. The minimum absolute atomic E-state index is 0.00926. The number of amides is 3. The monoisotopic (exact) mass is 365 g/mol. The minimum Gasteiger partial charge on any atom is -0.479 e. The van der Waals surface area contributed by atoms with Gasteiger partial charge in [0, 0.05) is 12.6 Å². The lowest BCUT2D eigenvalue weighted by molar-refractivity contribution is -0.155. The summed E-state index contributed by atoms with van der Waals surface area (Å²) in [6, 6.07) is 5.89. The van der Waals surface area contributed by atoms with E-state index in [1.165, 1.54) is 0 Å². The van der Waals surface area contributed by atoms with Crippen LogP contribution in [-0.2, 0) is 4.79 Å². The molecule has 0 radical (unpaired) electrons. The normalized spacial score (nSPS) is 13.0. The van der Waals surface area contributed by atoms with Gasteiger partial charge in [-0.15, -0.1) is 0 Å². The number of aliphatic carboxylic acids is 1. The Kier molecular flexibility index (Phi) is 7.57. The van der Waals surface area contributed by atoms with Crippen molar-refractivity contribution in [2.75, 3.05) is 18.4 Å². The first-order valence-electron chi connectivity index (χ1n) is 8.50. The molecule has 1 unspecified atom stereocenters. The van der Waals surface area contributed by atoms with Crippen LogP contribution < -0.4 is 10.6 Å². The molecule has 0 fully saturated rings. The fourth-order valence-corrected chi connectivity index (χ4v) is 2.26. The number of nitrogens with one attached hydrogen (secondary N) is 2. The van der Waals surface area contributed by atoms with Gasteiger partial charge in [-0.3, -0.25) is 4.79 Å². The zero-order valence-electron chi connectivity index (χ0n) is 15.6. The second-order valence-electron chi connectivity index (χ2n) is 6.52. The molecule has 0 aromatic heterocycles. The molecule has 0 aliphatic rings. The number of urea groups is 1. The molecule has 0 heterocycles. The van der Waals surface area contributed by atoms with Crippen molar-refractivity contribution in [3.8, 4) is 0 Å². The molecule has 0 saturated carbocycles. The number of carboxylic acid groups (broad SMARTS) is 1. The summed E-state index contributed by atoms with van der Waals surface area (Å²) in [5.41, 5.74) is -1.43. The van der Waals surface area contributed by atoms with E-state index < -0.39 is 24.1 Å². The molecular formula is C18H27N3O5. The summed E-state index contributed by atoms with van der Waals surface area (Å²) in [4.78, 5) is 37.4. The summed E-state index contributed by atoms with van der Waals surface area (Å²) in [5, 5.41) is 23.3. The maximum absolute atomic E-state index is 12.8. The van der Waals surface area contributed by atoms with Gasteiger partial charge in [0.05, 0.1) is 17.8 Å². The molecule has 1 aromatic carbocycles. The van der Waals surface area contributed by atoms with Crippen LogP contribution in [0.3, 0.4) is 0 Å². The highest BCUT2D eigenvalue weighted by molar-refractivity contribution is 6.03. The van der Waals surface area contributed by atoms with Crippen LogP contribution in [0.2, 0.25) is 0 Å². The summed E-state index contributed by atoms with van der Waals surface area (Å²) >= 11 is 0. The lowest BCUT2D eigenvalue weighted by Gasteiger charge is -2.27. The molecule has 0 saturated heterocycles. The highest BCUT2D eigenvalue weighted by Gasteiger charge is 2.30. The summed E-state index contributed by atoms with van der Waals surface area (Å²) < 4.78 is 0. The van der Waals surface area contributed by atoms with E-state index >= 15 is 0 Å². The zero-order valence-corrected chi connectivity index (χ0v) is 15.6. The van der Waals surface area contributed by atoms with Gasteiger partial charge in [0.25, 0.3) is 5.91 Å². The van der Waals surface area contributed by atoms with Gasteiger partial charge in [-0.25, -0.2) is 9.59 Å². The topological polar surface area (TPSA) is 119 Å². The molecular weight excluding hydrogens is 338 g/mol. The second-order valence-corrected chi connectivity index (χ2v) is 6.52. The van der Waals surface area contributed by atoms with E-state index in [9.17, 15) is 19.5 Å². The number of aliphatic hydroxyl groups is 1. The van der Waals surface area contributed by atoms with Gasteiger partial charge in [0.2, 0.25) is 0 Å². The van der Waals surface area contributed by atoms with Gasteiger partial charge in [-0.1, -0.05) is 19.1 Å². The van der Waals surface area contributed by atoms with Crippen molar-refractivity contribution in [3.63, 3.8) is 0 Å². The molecule has 8 heteroatoms. The Labute approximate surface area is 153 Å². The molecule has 0 spiro atoms. The number of rotatable bonds is 8. The Hall–Kier alpha value is -2.61. The number of nitrogens with zero attached hydrogens (tertiary/aromatic N) is 1. The molecule has 0 aliphatic heterocycles. The molecule has 1 rings (SSSR count). The maximum Gasteiger partial charge on any atom is 0.337 e. The van der Waals surface area contributed by atoms with Crippen LogP contribution in [0.4, 0.5) is 10.5 Å². The molecule has 26 heavy (non-hydrogen) atoms. The summed E-state index contributed by atoms with van der Waals surface area (Å²) in [5.74, 6) is -1.64. The number of hydrogen-bond donors (Lipinski definition) is 4. The number of carbonyl (C=O) groups excluding carboxylic acids is 2. The molecule has 4 N–H and O–H groups in total. The number of carboxylic acids is 1. The molecule has 3 amide bonds. The molecule has 0 aliphatic carbocycles. The maximum atomic E-state index is 12.8. The predicted molar refractivity (Wildman–Crippen MR) is 98.2 cm³/mol. The summed E-state index contributed by atoms with van der Waals surface area (Å²) in [7, 11) is 0. The average molecular weight is 365 g/mol. The van der Waals surface area contributed by atoms with Crippen molar-refractivity contribution in [1.29, 1.82) is 0 Å². The SMILES string of the molecule is CCCN(C(=O)c1ccccc1NC(=O)NCC(C)(O)C(=O)O)C(C)C. The second kappa shape index (κ2) is 9.19. The minimum atomic E-state index is -2.08. The fraction of sp³-hybridized carbons (Fsp3) is 0.500. The van der Waals surface area contributed by atoms with Gasteiger partial charge in [-0.2, -0.15) is 0 Å². The van der Waals surface area contributed by atoms with Crippen molar-refractivity contribution in [1.82, 2.24) is 10.2 Å². The Balaban J connectivity index is 2.91. The van der Waals surface area contributed by atoms with E-state index in [2.05, 4.69) is 10.6 Å². The highest BCUT2D eigenvalue weighted by Crippen LogP contribution is 2.19. The van der Waals surface area contributed by atoms with Gasteiger partial charge in [0.15, 0.2) is 5.60 Å². The van der Waals surface area contributed by atoms with Crippen LogP contribution >= 0.6 is 0 Å². The summed E-state index contributed by atoms with van der Waals surface area (Å²) in [6.07, 6.45) is 0.810. The van der Waals surface area contributed by atoms with E-state index in [0.29, 0.717) is 17.8 Å². The Morgan fingerprint density at radius 2 is 1.85 bits per heavy atom. The van der Waals surface area contributed by atoms with Crippen molar-refractivity contribution in [2.24, 2.45) is 0 Å². The first-order valence-corrected chi connectivity index (χ1v) is 8.50. The first kappa shape index (κ1) is 21.4. The largest absolute Gasteiger partial charge is 0.479 e. The Bertz CT molecular complexity index is 658. The van der Waals surface area contributed by atoms with Crippen LogP contribution in [0.15, 0.2) is 24.3 Å². The van der Waals surface area contributed by atoms with Gasteiger partial charge >= 0.3 is 12.0 Å². The molecule has 144 valence electrons. The van der Waals surface area contributed by atoms with E-state index in [4.69, 9.17) is 5.11 Å². The lowest BCUT2D eigenvalue weighted by Crippen LogP contribution is -2.47. The molecule has 0 bridgehead atoms. The third-order valence-electron chi connectivity index (χ3n) is 3.81. The number of anilines is 1. The van der Waals surface area contributed by atoms with E-state index in [1.54, 1.807) is 29.2 Å². The van der Waals surface area contributed by atoms with E-state index in [-0.39, 0.29) is 11.9 Å².